The molecule has 0 spiro atoms. The van der Waals surface area contributed by atoms with Gasteiger partial charge in [-0.3, -0.25) is 20.2 Å². The van der Waals surface area contributed by atoms with Crippen LogP contribution < -0.4 is 4.74 Å². The standard InChI is InChI=1S/C18H23ClN2O14/c19-11-13(25)16(35-18-15(27)14(26)12(24)9(4-22)33-18)10(5-23)34-17(11)32-8-2-1-6(20(28)29)3-7(8)21(30)31/h1-3,9-18,22-27H,4-5H2/t9?,10?,11?,12-,13?,14?,15?,16+,17+,18-/m0/s1. The summed E-state index contributed by atoms with van der Waals surface area (Å²) in [5.74, 6) is -0.464. The van der Waals surface area contributed by atoms with Crippen molar-refractivity contribution in [3.05, 3.63) is 38.4 Å². The fourth-order valence-corrected chi connectivity index (χ4v) is 3.87. The number of ether oxygens (including phenoxy) is 4. The molecule has 2 saturated heterocycles. The number of non-ortho nitro benzene ring substituents is 1. The molecule has 35 heavy (non-hydrogen) atoms. The molecule has 2 heterocycles. The van der Waals surface area contributed by atoms with Crippen LogP contribution in [-0.2, 0) is 14.2 Å². The van der Waals surface area contributed by atoms with Crippen molar-refractivity contribution in [1.29, 1.82) is 0 Å². The van der Waals surface area contributed by atoms with Gasteiger partial charge in [-0.05, 0) is 6.07 Å². The second kappa shape index (κ2) is 11.2. The minimum absolute atomic E-state index is 0.464. The lowest BCUT2D eigenvalue weighted by molar-refractivity contribution is -0.395. The summed E-state index contributed by atoms with van der Waals surface area (Å²) >= 11 is 6.20. The van der Waals surface area contributed by atoms with Gasteiger partial charge in [0.2, 0.25) is 12.0 Å². The lowest BCUT2D eigenvalue weighted by atomic mass is 9.98. The molecule has 0 saturated carbocycles. The van der Waals surface area contributed by atoms with Crippen LogP contribution in [0.2, 0.25) is 0 Å². The number of aliphatic hydroxyl groups is 6. The highest BCUT2D eigenvalue weighted by molar-refractivity contribution is 6.21. The molecule has 0 aromatic heterocycles. The lowest BCUT2D eigenvalue weighted by Crippen LogP contribution is -2.64. The highest BCUT2D eigenvalue weighted by atomic mass is 35.5. The van der Waals surface area contributed by atoms with Crippen molar-refractivity contribution in [3.8, 4) is 5.75 Å². The van der Waals surface area contributed by atoms with E-state index in [1.54, 1.807) is 0 Å². The van der Waals surface area contributed by atoms with Gasteiger partial charge in [0.25, 0.3) is 5.69 Å². The lowest BCUT2D eigenvalue weighted by Gasteiger charge is -2.45. The van der Waals surface area contributed by atoms with E-state index in [0.717, 1.165) is 12.1 Å². The normalized spacial score (nSPS) is 37.6. The molecule has 0 amide bonds. The summed E-state index contributed by atoms with van der Waals surface area (Å²) in [7, 11) is 0. The molecule has 6 unspecified atom stereocenters. The first kappa shape index (κ1) is 27.3. The van der Waals surface area contributed by atoms with E-state index in [2.05, 4.69) is 0 Å². The molecule has 0 bridgehead atoms. The number of nitrogens with zero attached hydrogens (tertiary/aromatic N) is 2. The number of hydrogen-bond acceptors (Lipinski definition) is 14. The van der Waals surface area contributed by atoms with Crippen LogP contribution in [-0.4, -0.2) is 114 Å². The quantitative estimate of drug-likeness (QED) is 0.119. The zero-order valence-corrected chi connectivity index (χ0v) is 18.4. The van der Waals surface area contributed by atoms with E-state index in [4.69, 9.17) is 30.5 Å². The number of hydrogen-bond donors (Lipinski definition) is 6. The van der Waals surface area contributed by atoms with Gasteiger partial charge < -0.3 is 49.6 Å². The Balaban J connectivity index is 1.78. The Kier molecular flexibility index (Phi) is 8.76. The van der Waals surface area contributed by atoms with E-state index >= 15 is 0 Å². The number of benzene rings is 1. The third-order valence-electron chi connectivity index (χ3n) is 5.51. The van der Waals surface area contributed by atoms with E-state index in [1.807, 2.05) is 0 Å². The molecule has 1 aromatic carbocycles. The van der Waals surface area contributed by atoms with E-state index < -0.39 is 101 Å². The molecular weight excluding hydrogens is 504 g/mol. The molecular formula is C18H23ClN2O14. The third kappa shape index (κ3) is 5.61. The maximum atomic E-state index is 11.3. The Bertz CT molecular complexity index is 919. The van der Waals surface area contributed by atoms with Crippen molar-refractivity contribution in [2.45, 2.75) is 60.7 Å². The van der Waals surface area contributed by atoms with E-state index in [-0.39, 0.29) is 0 Å². The molecule has 6 N–H and O–H groups in total. The Labute approximate surface area is 201 Å². The van der Waals surface area contributed by atoms with Crippen LogP contribution in [0.25, 0.3) is 0 Å². The SMILES string of the molecule is O=[N+]([O-])c1ccc(O[C@@H]2OC(CO)[C@@H](O[C@@H]3OC(CO)[C@H](O)C(O)C3O)C(O)C2Cl)c([N+](=O)[O-])c1. The fourth-order valence-electron chi connectivity index (χ4n) is 3.62. The van der Waals surface area contributed by atoms with Gasteiger partial charge in [0, 0.05) is 6.07 Å². The maximum Gasteiger partial charge on any atom is 0.317 e. The van der Waals surface area contributed by atoms with Crippen LogP contribution in [0.4, 0.5) is 11.4 Å². The number of nitro benzene ring substituents is 2. The monoisotopic (exact) mass is 526 g/mol. The Hall–Kier alpha value is -2.25. The maximum absolute atomic E-state index is 11.3. The number of halogens is 1. The van der Waals surface area contributed by atoms with Crippen molar-refractivity contribution in [2.24, 2.45) is 0 Å². The molecule has 3 rings (SSSR count). The van der Waals surface area contributed by atoms with Crippen molar-refractivity contribution >= 4 is 23.0 Å². The van der Waals surface area contributed by atoms with Crippen molar-refractivity contribution in [1.82, 2.24) is 0 Å². The van der Waals surface area contributed by atoms with Gasteiger partial charge >= 0.3 is 5.69 Å². The van der Waals surface area contributed by atoms with E-state index in [9.17, 15) is 50.9 Å². The summed E-state index contributed by atoms with van der Waals surface area (Å²) in [5, 5.41) is 80.4. The van der Waals surface area contributed by atoms with Crippen molar-refractivity contribution < 1.29 is 59.4 Å². The minimum Gasteiger partial charge on any atom is -0.456 e. The van der Waals surface area contributed by atoms with Crippen LogP contribution in [0.1, 0.15) is 0 Å². The second-order valence-electron chi connectivity index (χ2n) is 7.74. The van der Waals surface area contributed by atoms with Gasteiger partial charge in [-0.25, -0.2) is 0 Å². The molecule has 1 aromatic rings. The summed E-state index contributed by atoms with van der Waals surface area (Å²) in [6.45, 7) is -1.54. The van der Waals surface area contributed by atoms with Gasteiger partial charge in [-0.2, -0.15) is 0 Å². The number of nitro groups is 2. The third-order valence-corrected chi connectivity index (χ3v) is 5.97. The number of alkyl halides is 1. The molecule has 16 nitrogen and oxygen atoms in total. The molecule has 2 aliphatic rings. The Morgan fingerprint density at radius 1 is 0.886 bits per heavy atom. The van der Waals surface area contributed by atoms with Crippen LogP contribution in [0.15, 0.2) is 18.2 Å². The summed E-state index contributed by atoms with van der Waals surface area (Å²) in [6.07, 6.45) is -14.4. The molecule has 17 heteroatoms. The van der Waals surface area contributed by atoms with Gasteiger partial charge in [0.1, 0.15) is 48.1 Å². The predicted molar refractivity (Wildman–Crippen MR) is 110 cm³/mol. The molecule has 196 valence electrons. The summed E-state index contributed by atoms with van der Waals surface area (Å²) in [6, 6.07) is 2.55. The zero-order chi connectivity index (χ0) is 26.0. The zero-order valence-electron chi connectivity index (χ0n) is 17.6. The molecule has 2 aliphatic heterocycles. The summed E-state index contributed by atoms with van der Waals surface area (Å²) in [5.41, 5.74) is -1.35. The van der Waals surface area contributed by atoms with Crippen LogP contribution >= 0.6 is 11.6 Å². The first-order valence-electron chi connectivity index (χ1n) is 10.1. The van der Waals surface area contributed by atoms with Gasteiger partial charge in [-0.1, -0.05) is 0 Å². The minimum atomic E-state index is -1.81. The smallest absolute Gasteiger partial charge is 0.317 e. The average molecular weight is 527 g/mol. The topological polar surface area (TPSA) is 245 Å². The average Bonchev–Trinajstić information content (AvgIpc) is 2.83. The summed E-state index contributed by atoms with van der Waals surface area (Å²) < 4.78 is 21.6. The van der Waals surface area contributed by atoms with Crippen molar-refractivity contribution in [2.75, 3.05) is 13.2 Å². The van der Waals surface area contributed by atoms with Crippen LogP contribution in [0.3, 0.4) is 0 Å². The fraction of sp³-hybridized carbons (Fsp3) is 0.667. The van der Waals surface area contributed by atoms with Gasteiger partial charge in [0.05, 0.1) is 29.1 Å². The highest BCUT2D eigenvalue weighted by Crippen LogP contribution is 2.36. The van der Waals surface area contributed by atoms with Crippen LogP contribution in [0.5, 0.6) is 5.75 Å². The Morgan fingerprint density at radius 3 is 2.09 bits per heavy atom. The highest BCUT2D eigenvalue weighted by Gasteiger charge is 2.51. The second-order valence-corrected chi connectivity index (χ2v) is 8.25. The first-order valence-corrected chi connectivity index (χ1v) is 10.6. The molecule has 2 fully saturated rings. The molecule has 0 aliphatic carbocycles. The summed E-state index contributed by atoms with van der Waals surface area (Å²) in [4.78, 5) is 20.5. The number of rotatable bonds is 8. The molecule has 10 atom stereocenters. The number of aliphatic hydroxyl groups excluding tert-OH is 6. The largest absolute Gasteiger partial charge is 0.456 e. The molecule has 0 radical (unpaired) electrons. The van der Waals surface area contributed by atoms with Gasteiger partial charge in [-0.15, -0.1) is 11.6 Å². The first-order chi connectivity index (χ1) is 16.5. The van der Waals surface area contributed by atoms with E-state index in [1.165, 1.54) is 0 Å². The van der Waals surface area contributed by atoms with Crippen molar-refractivity contribution in [3.63, 3.8) is 0 Å². The predicted octanol–water partition coefficient (Wildman–Crippen LogP) is -2.25. The Morgan fingerprint density at radius 2 is 1.51 bits per heavy atom. The van der Waals surface area contributed by atoms with E-state index in [0.29, 0.717) is 6.07 Å². The van der Waals surface area contributed by atoms with Gasteiger partial charge in [0.15, 0.2) is 6.29 Å². The van der Waals surface area contributed by atoms with Crippen LogP contribution in [0, 0.1) is 20.2 Å².